The molecule has 2 aromatic rings. The number of likely N-dealkylation sites (tertiary alicyclic amines) is 1. The number of amides is 1. The lowest BCUT2D eigenvalue weighted by Gasteiger charge is -2.45. The number of nitrogens with one attached hydrogen (secondary N) is 1. The van der Waals surface area contributed by atoms with Crippen LogP contribution in [-0.4, -0.2) is 36.6 Å². The third kappa shape index (κ3) is 6.16. The standard InChI is InChI=1S/C26H36N2O2/c1-4-30-21(2)26(15-14-23-8-6-5-7-9-23)16-18-28(19-17-26)20-24-10-12-25(13-11-24)27-22(3)29/h5-13,21H,4,14-20H2,1-3H3,(H,27,29). The van der Waals surface area contributed by atoms with Gasteiger partial charge in [0, 0.05) is 25.8 Å². The van der Waals surface area contributed by atoms with E-state index in [-0.39, 0.29) is 17.4 Å². The number of hydrogen-bond acceptors (Lipinski definition) is 3. The van der Waals surface area contributed by atoms with Crippen LogP contribution in [0.1, 0.15) is 51.2 Å². The maximum atomic E-state index is 11.2. The molecule has 1 aliphatic heterocycles. The first-order valence-electron chi connectivity index (χ1n) is 11.3. The average molecular weight is 409 g/mol. The fourth-order valence-electron chi connectivity index (χ4n) is 4.64. The van der Waals surface area contributed by atoms with Gasteiger partial charge in [-0.3, -0.25) is 9.69 Å². The summed E-state index contributed by atoms with van der Waals surface area (Å²) in [7, 11) is 0. The number of carbonyl (C=O) groups excluding carboxylic acids is 1. The largest absolute Gasteiger partial charge is 0.378 e. The molecule has 1 unspecified atom stereocenters. The van der Waals surface area contributed by atoms with Crippen molar-refractivity contribution in [3.8, 4) is 0 Å². The van der Waals surface area contributed by atoms with Gasteiger partial charge in [0.2, 0.25) is 5.91 Å². The van der Waals surface area contributed by atoms with Crippen LogP contribution in [0.5, 0.6) is 0 Å². The van der Waals surface area contributed by atoms with E-state index < -0.39 is 0 Å². The zero-order valence-electron chi connectivity index (χ0n) is 18.7. The minimum absolute atomic E-state index is 0.0333. The van der Waals surface area contributed by atoms with Gasteiger partial charge in [0.05, 0.1) is 6.10 Å². The first-order chi connectivity index (χ1) is 14.5. The minimum atomic E-state index is -0.0333. The van der Waals surface area contributed by atoms with E-state index in [9.17, 15) is 4.79 Å². The molecule has 4 nitrogen and oxygen atoms in total. The second-order valence-corrected chi connectivity index (χ2v) is 8.60. The van der Waals surface area contributed by atoms with Gasteiger partial charge in [0.25, 0.3) is 0 Å². The van der Waals surface area contributed by atoms with E-state index in [1.807, 2.05) is 12.1 Å². The van der Waals surface area contributed by atoms with Crippen LogP contribution in [0, 0.1) is 5.41 Å². The Balaban J connectivity index is 1.59. The van der Waals surface area contributed by atoms with Crippen LogP contribution in [0.4, 0.5) is 5.69 Å². The fourth-order valence-corrected chi connectivity index (χ4v) is 4.64. The summed E-state index contributed by atoms with van der Waals surface area (Å²) in [6, 6.07) is 19.0. The van der Waals surface area contributed by atoms with Crippen molar-refractivity contribution in [3.63, 3.8) is 0 Å². The Bertz CT molecular complexity index is 780. The molecule has 30 heavy (non-hydrogen) atoms. The number of aryl methyl sites for hydroxylation is 1. The molecule has 1 N–H and O–H groups in total. The number of nitrogens with zero attached hydrogens (tertiary/aromatic N) is 1. The molecule has 4 heteroatoms. The number of ether oxygens (including phenoxy) is 1. The SMILES string of the molecule is CCOC(C)C1(CCc2ccccc2)CCN(Cc2ccc(NC(C)=O)cc2)CC1. The summed E-state index contributed by atoms with van der Waals surface area (Å²) < 4.78 is 6.12. The summed E-state index contributed by atoms with van der Waals surface area (Å²) in [5.74, 6) is -0.0333. The van der Waals surface area contributed by atoms with Gasteiger partial charge in [0.1, 0.15) is 0 Å². The fraction of sp³-hybridized carbons (Fsp3) is 0.500. The Labute approximate surface area is 181 Å². The molecule has 0 aromatic heterocycles. The first-order valence-corrected chi connectivity index (χ1v) is 11.3. The van der Waals surface area contributed by atoms with E-state index in [0.717, 1.165) is 38.3 Å². The van der Waals surface area contributed by atoms with Gasteiger partial charge >= 0.3 is 0 Å². The molecule has 1 aliphatic rings. The molecule has 0 aliphatic carbocycles. The monoisotopic (exact) mass is 408 g/mol. The van der Waals surface area contributed by atoms with Crippen LogP contribution >= 0.6 is 0 Å². The van der Waals surface area contributed by atoms with Gasteiger partial charge in [-0.1, -0.05) is 42.5 Å². The maximum Gasteiger partial charge on any atom is 0.221 e. The van der Waals surface area contributed by atoms with Gasteiger partial charge < -0.3 is 10.1 Å². The number of rotatable bonds is 9. The molecular weight excluding hydrogens is 372 g/mol. The van der Waals surface area contributed by atoms with E-state index in [0.29, 0.717) is 0 Å². The number of piperidine rings is 1. The second kappa shape index (κ2) is 10.7. The molecule has 0 saturated carbocycles. The van der Waals surface area contributed by atoms with Gasteiger partial charge in [-0.25, -0.2) is 0 Å². The molecule has 0 radical (unpaired) electrons. The quantitative estimate of drug-likeness (QED) is 0.613. The second-order valence-electron chi connectivity index (χ2n) is 8.60. The van der Waals surface area contributed by atoms with Crippen LogP contribution in [0.3, 0.4) is 0 Å². The third-order valence-electron chi connectivity index (χ3n) is 6.57. The normalized spacial score (nSPS) is 17.4. The molecule has 0 bridgehead atoms. The molecule has 1 heterocycles. The van der Waals surface area contributed by atoms with Crippen LogP contribution in [0.25, 0.3) is 0 Å². The first kappa shape index (κ1) is 22.5. The molecule has 0 spiro atoms. The Kier molecular flexibility index (Phi) is 8.06. The molecule has 3 rings (SSSR count). The Morgan fingerprint density at radius 3 is 2.33 bits per heavy atom. The number of anilines is 1. The van der Waals surface area contributed by atoms with Crippen molar-refractivity contribution in [3.05, 3.63) is 65.7 Å². The average Bonchev–Trinajstić information content (AvgIpc) is 2.75. The maximum absolute atomic E-state index is 11.2. The van der Waals surface area contributed by atoms with Crippen molar-refractivity contribution in [2.45, 2.75) is 59.1 Å². The highest BCUT2D eigenvalue weighted by molar-refractivity contribution is 5.88. The molecule has 1 atom stereocenters. The van der Waals surface area contributed by atoms with E-state index in [1.165, 1.54) is 37.3 Å². The van der Waals surface area contributed by atoms with Crippen LogP contribution < -0.4 is 5.32 Å². The smallest absolute Gasteiger partial charge is 0.221 e. The summed E-state index contributed by atoms with van der Waals surface area (Å²) in [6.07, 6.45) is 4.92. The summed E-state index contributed by atoms with van der Waals surface area (Å²) in [6.45, 7) is 9.83. The molecule has 1 amide bonds. The summed E-state index contributed by atoms with van der Waals surface area (Å²) >= 11 is 0. The van der Waals surface area contributed by atoms with Crippen LogP contribution in [0.2, 0.25) is 0 Å². The number of benzene rings is 2. The lowest BCUT2D eigenvalue weighted by Crippen LogP contribution is -2.46. The van der Waals surface area contributed by atoms with Crippen LogP contribution in [-0.2, 0) is 22.5 Å². The van der Waals surface area contributed by atoms with Crippen molar-refractivity contribution < 1.29 is 9.53 Å². The molecule has 2 aromatic carbocycles. The van der Waals surface area contributed by atoms with Gasteiger partial charge in [0.15, 0.2) is 0 Å². The minimum Gasteiger partial charge on any atom is -0.378 e. The highest BCUT2D eigenvalue weighted by Crippen LogP contribution is 2.41. The highest BCUT2D eigenvalue weighted by atomic mass is 16.5. The van der Waals surface area contributed by atoms with Crippen molar-refractivity contribution >= 4 is 11.6 Å². The number of carbonyl (C=O) groups is 1. The van der Waals surface area contributed by atoms with Crippen molar-refractivity contribution in [2.75, 3.05) is 25.0 Å². The van der Waals surface area contributed by atoms with Crippen molar-refractivity contribution in [2.24, 2.45) is 5.41 Å². The molecule has 162 valence electrons. The lowest BCUT2D eigenvalue weighted by atomic mass is 9.70. The summed E-state index contributed by atoms with van der Waals surface area (Å²) in [5.41, 5.74) is 3.81. The topological polar surface area (TPSA) is 41.6 Å². The summed E-state index contributed by atoms with van der Waals surface area (Å²) in [4.78, 5) is 13.7. The highest BCUT2D eigenvalue weighted by Gasteiger charge is 2.39. The number of hydrogen-bond donors (Lipinski definition) is 1. The van der Waals surface area contributed by atoms with Crippen molar-refractivity contribution in [1.82, 2.24) is 4.90 Å². The van der Waals surface area contributed by atoms with E-state index in [1.54, 1.807) is 0 Å². The third-order valence-corrected chi connectivity index (χ3v) is 6.57. The zero-order chi connectivity index (χ0) is 21.4. The van der Waals surface area contributed by atoms with Gasteiger partial charge in [-0.15, -0.1) is 0 Å². The lowest BCUT2D eigenvalue weighted by molar-refractivity contribution is -0.114. The van der Waals surface area contributed by atoms with Gasteiger partial charge in [-0.2, -0.15) is 0 Å². The Morgan fingerprint density at radius 1 is 1.07 bits per heavy atom. The van der Waals surface area contributed by atoms with Gasteiger partial charge in [-0.05, 0) is 81.3 Å². The molecule has 1 saturated heterocycles. The zero-order valence-corrected chi connectivity index (χ0v) is 18.7. The Hall–Kier alpha value is -2.17. The molecular formula is C26H36N2O2. The predicted octanol–water partition coefficient (Wildman–Crippen LogP) is 5.29. The van der Waals surface area contributed by atoms with Crippen molar-refractivity contribution in [1.29, 1.82) is 0 Å². The Morgan fingerprint density at radius 2 is 1.73 bits per heavy atom. The van der Waals surface area contributed by atoms with E-state index in [4.69, 9.17) is 4.74 Å². The van der Waals surface area contributed by atoms with E-state index in [2.05, 4.69) is 66.5 Å². The van der Waals surface area contributed by atoms with Crippen LogP contribution in [0.15, 0.2) is 54.6 Å². The molecule has 1 fully saturated rings. The summed E-state index contributed by atoms with van der Waals surface area (Å²) in [5, 5.41) is 2.83. The predicted molar refractivity (Wildman–Crippen MR) is 124 cm³/mol. The van der Waals surface area contributed by atoms with E-state index >= 15 is 0 Å².